The fourth-order valence-electron chi connectivity index (χ4n) is 4.41. The van der Waals surface area contributed by atoms with Crippen LogP contribution in [0.5, 0.6) is 11.5 Å². The molecule has 0 saturated heterocycles. The average molecular weight is 738 g/mol. The number of carbonyl (C=O) groups is 2. The molecule has 9 nitrogen and oxygen atoms in total. The third kappa shape index (κ3) is 8.28. The van der Waals surface area contributed by atoms with Gasteiger partial charge in [-0.2, -0.15) is 5.10 Å². The fourth-order valence-corrected chi connectivity index (χ4v) is 5.86. The Morgan fingerprint density at radius 2 is 1.64 bits per heavy atom. The minimum Gasteiger partial charge on any atom is -0.486 e. The van der Waals surface area contributed by atoms with E-state index >= 15 is 0 Å². The number of hydrogen-bond donors (Lipinski definition) is 2. The molecule has 0 radical (unpaired) electrons. The lowest BCUT2D eigenvalue weighted by Gasteiger charge is -2.11. The number of benzene rings is 3. The van der Waals surface area contributed by atoms with Gasteiger partial charge in [0, 0.05) is 22.8 Å². The van der Waals surface area contributed by atoms with Gasteiger partial charge in [0.1, 0.15) is 29.7 Å². The van der Waals surface area contributed by atoms with Gasteiger partial charge in [0.25, 0.3) is 5.91 Å². The van der Waals surface area contributed by atoms with E-state index in [1.54, 1.807) is 30.3 Å². The Morgan fingerprint density at radius 3 is 2.33 bits per heavy atom. The number of nitrogens with one attached hydrogen (secondary N) is 2. The van der Waals surface area contributed by atoms with Crippen LogP contribution in [0.3, 0.4) is 0 Å². The Hall–Kier alpha value is -4.68. The highest BCUT2D eigenvalue weighted by molar-refractivity contribution is 9.11. The molecule has 0 bridgehead atoms. The third-order valence-electron chi connectivity index (χ3n) is 6.49. The van der Waals surface area contributed by atoms with Crippen molar-refractivity contribution in [3.05, 3.63) is 128 Å². The summed E-state index contributed by atoms with van der Waals surface area (Å²) >= 11 is 6.84. The Kier molecular flexibility index (Phi) is 10.2. The highest BCUT2D eigenvalue weighted by Gasteiger charge is 2.13. The zero-order chi connectivity index (χ0) is 31.9. The molecule has 0 saturated carbocycles. The van der Waals surface area contributed by atoms with Gasteiger partial charge >= 0.3 is 5.91 Å². The molecule has 0 atom stereocenters. The molecule has 2 heterocycles. The lowest BCUT2D eigenvalue weighted by Crippen LogP contribution is -2.20. The molecule has 45 heavy (non-hydrogen) atoms. The van der Waals surface area contributed by atoms with E-state index in [4.69, 9.17) is 13.9 Å². The molecule has 2 amide bonds. The maximum Gasteiger partial charge on any atom is 0.307 e. The van der Waals surface area contributed by atoms with E-state index in [2.05, 4.69) is 78.3 Å². The van der Waals surface area contributed by atoms with E-state index in [-0.39, 0.29) is 19.0 Å². The number of ether oxygens (including phenoxy) is 2. The maximum atomic E-state index is 13.3. The number of hydrazone groups is 1. The van der Waals surface area contributed by atoms with Gasteiger partial charge in [0.2, 0.25) is 0 Å². The van der Waals surface area contributed by atoms with Crippen molar-refractivity contribution in [1.29, 1.82) is 0 Å². The standard InChI is InChI=1S/C33H27Br2FN4O5/c1-20-6-7-21(2)40(20)25-8-10-26(11-9-25)43-18-27-12-13-30(45-27)33(42)39-37-17-22-14-28(34)32(29(35)15-22)44-19-31(41)38-24-5-3-4-23(36)16-24/h3-17H,18-19H2,1-2H3,(H,38,41)(H,39,42)/b37-17+. The summed E-state index contributed by atoms with van der Waals surface area (Å²) in [5, 5.41) is 6.58. The first-order chi connectivity index (χ1) is 21.7. The summed E-state index contributed by atoms with van der Waals surface area (Å²) in [4.78, 5) is 24.8. The summed E-state index contributed by atoms with van der Waals surface area (Å²) in [7, 11) is 0. The number of aryl methyl sites for hydroxylation is 2. The molecule has 0 fully saturated rings. The molecular formula is C33H27Br2FN4O5. The van der Waals surface area contributed by atoms with Crippen LogP contribution in [-0.2, 0) is 11.4 Å². The normalized spacial score (nSPS) is 11.0. The van der Waals surface area contributed by atoms with Crippen molar-refractivity contribution in [3.63, 3.8) is 0 Å². The van der Waals surface area contributed by atoms with Crippen LogP contribution >= 0.6 is 31.9 Å². The van der Waals surface area contributed by atoms with Crippen LogP contribution < -0.4 is 20.2 Å². The van der Waals surface area contributed by atoms with Gasteiger partial charge < -0.3 is 23.8 Å². The summed E-state index contributed by atoms with van der Waals surface area (Å²) in [6.45, 7) is 3.97. The summed E-state index contributed by atoms with van der Waals surface area (Å²) in [5.41, 5.74) is 6.75. The average Bonchev–Trinajstić information content (AvgIpc) is 3.62. The molecule has 0 aliphatic heterocycles. The number of hydrogen-bond acceptors (Lipinski definition) is 6. The van der Waals surface area contributed by atoms with Crippen molar-refractivity contribution in [2.75, 3.05) is 11.9 Å². The summed E-state index contributed by atoms with van der Waals surface area (Å²) in [5.74, 6) is 0.199. The van der Waals surface area contributed by atoms with E-state index in [0.717, 1.165) is 17.1 Å². The fraction of sp³-hybridized carbons (Fsp3) is 0.121. The lowest BCUT2D eigenvalue weighted by atomic mass is 10.2. The van der Waals surface area contributed by atoms with Gasteiger partial charge in [-0.25, -0.2) is 9.82 Å². The number of anilines is 1. The number of nitrogens with zero attached hydrogens (tertiary/aromatic N) is 2. The lowest BCUT2D eigenvalue weighted by molar-refractivity contribution is -0.118. The number of amides is 2. The molecule has 3 aromatic carbocycles. The minimum atomic E-state index is -0.526. The predicted molar refractivity (Wildman–Crippen MR) is 176 cm³/mol. The SMILES string of the molecule is Cc1ccc(C)n1-c1ccc(OCc2ccc(C(=O)N/N=C/c3cc(Br)c(OCC(=O)Nc4cccc(F)c4)c(Br)c3)o2)cc1. The molecular weight excluding hydrogens is 711 g/mol. The van der Waals surface area contributed by atoms with Crippen LogP contribution in [0.15, 0.2) is 103 Å². The molecule has 0 aliphatic rings. The quantitative estimate of drug-likeness (QED) is 0.107. The highest BCUT2D eigenvalue weighted by atomic mass is 79.9. The van der Waals surface area contributed by atoms with Crippen LogP contribution in [0.2, 0.25) is 0 Å². The Morgan fingerprint density at radius 1 is 0.933 bits per heavy atom. The highest BCUT2D eigenvalue weighted by Crippen LogP contribution is 2.34. The molecule has 5 aromatic rings. The number of halogens is 3. The third-order valence-corrected chi connectivity index (χ3v) is 7.67. The second-order valence-corrected chi connectivity index (χ2v) is 11.6. The predicted octanol–water partition coefficient (Wildman–Crippen LogP) is 7.71. The smallest absolute Gasteiger partial charge is 0.307 e. The zero-order valence-corrected chi connectivity index (χ0v) is 27.3. The Labute approximate surface area is 275 Å². The van der Waals surface area contributed by atoms with Crippen molar-refractivity contribution >= 4 is 55.6 Å². The Balaban J connectivity index is 1.10. The van der Waals surface area contributed by atoms with E-state index in [9.17, 15) is 14.0 Å². The van der Waals surface area contributed by atoms with E-state index in [1.165, 1.54) is 24.4 Å². The second kappa shape index (κ2) is 14.4. The number of furan rings is 1. The van der Waals surface area contributed by atoms with Gasteiger partial charge in [-0.15, -0.1) is 0 Å². The molecule has 0 aliphatic carbocycles. The van der Waals surface area contributed by atoms with Crippen molar-refractivity contribution in [2.45, 2.75) is 20.5 Å². The largest absolute Gasteiger partial charge is 0.486 e. The molecule has 2 aromatic heterocycles. The van der Waals surface area contributed by atoms with Crippen LogP contribution in [0, 0.1) is 19.7 Å². The monoisotopic (exact) mass is 736 g/mol. The zero-order valence-electron chi connectivity index (χ0n) is 24.1. The first kappa shape index (κ1) is 31.7. The van der Waals surface area contributed by atoms with Gasteiger partial charge in [-0.05, 0) is 130 Å². The first-order valence-electron chi connectivity index (χ1n) is 13.6. The van der Waals surface area contributed by atoms with Crippen molar-refractivity contribution < 1.29 is 27.9 Å². The van der Waals surface area contributed by atoms with Crippen molar-refractivity contribution in [2.24, 2.45) is 5.10 Å². The van der Waals surface area contributed by atoms with Crippen molar-refractivity contribution in [1.82, 2.24) is 9.99 Å². The number of rotatable bonds is 11. The molecule has 2 N–H and O–H groups in total. The minimum absolute atomic E-state index is 0.0854. The van der Waals surface area contributed by atoms with E-state index in [1.807, 2.05) is 24.3 Å². The number of aromatic nitrogens is 1. The van der Waals surface area contributed by atoms with Gasteiger partial charge in [-0.3, -0.25) is 9.59 Å². The molecule has 0 spiro atoms. The van der Waals surface area contributed by atoms with E-state index < -0.39 is 17.6 Å². The summed E-state index contributed by atoms with van der Waals surface area (Å²) in [6, 6.07) is 24.1. The molecule has 12 heteroatoms. The topological polar surface area (TPSA) is 107 Å². The van der Waals surface area contributed by atoms with Crippen LogP contribution in [0.4, 0.5) is 10.1 Å². The van der Waals surface area contributed by atoms with Gasteiger partial charge in [0.15, 0.2) is 12.4 Å². The van der Waals surface area contributed by atoms with E-state index in [0.29, 0.717) is 37.5 Å². The van der Waals surface area contributed by atoms with Gasteiger partial charge in [-0.1, -0.05) is 6.07 Å². The maximum absolute atomic E-state index is 13.3. The van der Waals surface area contributed by atoms with Crippen LogP contribution in [0.1, 0.15) is 33.3 Å². The Bertz CT molecular complexity index is 1820. The summed E-state index contributed by atoms with van der Waals surface area (Å²) in [6.07, 6.45) is 1.45. The first-order valence-corrected chi connectivity index (χ1v) is 15.2. The molecule has 5 rings (SSSR count). The van der Waals surface area contributed by atoms with Crippen molar-refractivity contribution in [3.8, 4) is 17.2 Å². The molecule has 0 unspecified atom stereocenters. The van der Waals surface area contributed by atoms with Crippen LogP contribution in [0.25, 0.3) is 5.69 Å². The summed E-state index contributed by atoms with van der Waals surface area (Å²) < 4.78 is 33.7. The second-order valence-electron chi connectivity index (χ2n) is 9.86. The molecule has 230 valence electrons. The van der Waals surface area contributed by atoms with Crippen LogP contribution in [-0.4, -0.2) is 29.2 Å². The number of carbonyl (C=O) groups excluding carboxylic acids is 2. The van der Waals surface area contributed by atoms with Gasteiger partial charge in [0.05, 0.1) is 15.2 Å².